The Hall–Kier alpha value is -2.15. The van der Waals surface area contributed by atoms with E-state index >= 15 is 0 Å². The summed E-state index contributed by atoms with van der Waals surface area (Å²) in [6, 6.07) is 0. The van der Waals surface area contributed by atoms with Gasteiger partial charge in [0.1, 0.15) is 11.4 Å². The van der Waals surface area contributed by atoms with Crippen LogP contribution in [0.15, 0.2) is 9.59 Å². The Balaban J connectivity index is 1.78. The largest absolute Gasteiger partial charge is 0.376 e. The highest BCUT2D eigenvalue weighted by Gasteiger charge is 2.28. The van der Waals surface area contributed by atoms with Crippen molar-refractivity contribution in [3.8, 4) is 0 Å². The van der Waals surface area contributed by atoms with Gasteiger partial charge in [-0.05, 0) is 20.9 Å². The summed E-state index contributed by atoms with van der Waals surface area (Å²) in [5.41, 5.74) is 3.33. The normalized spacial score (nSPS) is 16.3. The SMILES string of the molecule is Cc1nn(C)c(C)c1CNc1c(N2CCN(C)CC2)c(=O)c1=O. The van der Waals surface area contributed by atoms with Crippen LogP contribution in [0.3, 0.4) is 0 Å². The Morgan fingerprint density at radius 2 is 1.70 bits per heavy atom. The number of rotatable bonds is 4. The first-order valence-corrected chi connectivity index (χ1v) is 7.90. The summed E-state index contributed by atoms with van der Waals surface area (Å²) in [5, 5.41) is 7.55. The highest BCUT2D eigenvalue weighted by Crippen LogP contribution is 2.23. The summed E-state index contributed by atoms with van der Waals surface area (Å²) < 4.78 is 1.83. The minimum absolute atomic E-state index is 0.364. The van der Waals surface area contributed by atoms with Gasteiger partial charge >= 0.3 is 0 Å². The smallest absolute Gasteiger partial charge is 0.253 e. The number of aromatic nitrogens is 2. The van der Waals surface area contributed by atoms with Gasteiger partial charge in [0.05, 0.1) is 5.69 Å². The quantitative estimate of drug-likeness (QED) is 0.800. The molecule has 0 unspecified atom stereocenters. The molecule has 1 N–H and O–H groups in total. The van der Waals surface area contributed by atoms with Gasteiger partial charge in [0, 0.05) is 51.0 Å². The van der Waals surface area contributed by atoms with E-state index in [2.05, 4.69) is 22.4 Å². The number of nitrogens with zero attached hydrogens (tertiary/aromatic N) is 4. The van der Waals surface area contributed by atoms with Crippen LogP contribution >= 0.6 is 0 Å². The van der Waals surface area contributed by atoms with Crippen molar-refractivity contribution in [1.29, 1.82) is 0 Å². The molecule has 7 nitrogen and oxygen atoms in total. The molecule has 1 aromatic heterocycles. The molecule has 7 heteroatoms. The molecule has 3 rings (SSSR count). The van der Waals surface area contributed by atoms with Gasteiger partial charge in [0.2, 0.25) is 0 Å². The van der Waals surface area contributed by atoms with E-state index < -0.39 is 5.43 Å². The van der Waals surface area contributed by atoms with Crippen LogP contribution in [0.4, 0.5) is 11.4 Å². The minimum Gasteiger partial charge on any atom is -0.376 e. The third-order valence-electron chi connectivity index (χ3n) is 4.81. The zero-order chi connectivity index (χ0) is 16.7. The minimum atomic E-state index is -0.405. The van der Waals surface area contributed by atoms with Crippen molar-refractivity contribution in [2.45, 2.75) is 20.4 Å². The van der Waals surface area contributed by atoms with Crippen molar-refractivity contribution in [3.05, 3.63) is 37.4 Å². The molecule has 2 aromatic rings. The topological polar surface area (TPSA) is 70.5 Å². The fraction of sp³-hybridized carbons (Fsp3) is 0.562. The third kappa shape index (κ3) is 2.65. The first-order chi connectivity index (χ1) is 10.9. The maximum absolute atomic E-state index is 12.0. The average Bonchev–Trinajstić information content (AvgIpc) is 2.77. The Morgan fingerprint density at radius 1 is 1.04 bits per heavy atom. The molecule has 0 atom stereocenters. The number of nitrogens with one attached hydrogen (secondary N) is 1. The molecular formula is C16H23N5O2. The average molecular weight is 317 g/mol. The lowest BCUT2D eigenvalue weighted by atomic mass is 10.1. The second-order valence-electron chi connectivity index (χ2n) is 6.30. The number of piperazine rings is 1. The summed E-state index contributed by atoms with van der Waals surface area (Å²) in [5.74, 6) is 0. The highest BCUT2D eigenvalue weighted by molar-refractivity contribution is 5.75. The fourth-order valence-electron chi connectivity index (χ4n) is 3.13. The van der Waals surface area contributed by atoms with Crippen LogP contribution in [0.2, 0.25) is 0 Å². The van der Waals surface area contributed by atoms with Gasteiger partial charge < -0.3 is 15.1 Å². The Labute approximate surface area is 135 Å². The van der Waals surface area contributed by atoms with Gasteiger partial charge in [-0.15, -0.1) is 0 Å². The summed E-state index contributed by atoms with van der Waals surface area (Å²) in [4.78, 5) is 28.2. The summed E-state index contributed by atoms with van der Waals surface area (Å²) in [6.07, 6.45) is 0. The number of likely N-dealkylation sites (N-methyl/N-ethyl adjacent to an activating group) is 1. The molecule has 2 heterocycles. The number of anilines is 2. The molecule has 23 heavy (non-hydrogen) atoms. The van der Waals surface area contributed by atoms with E-state index in [-0.39, 0.29) is 5.43 Å². The number of hydrogen-bond donors (Lipinski definition) is 1. The lowest BCUT2D eigenvalue weighted by Gasteiger charge is -2.35. The summed E-state index contributed by atoms with van der Waals surface area (Å²) >= 11 is 0. The molecule has 0 amide bonds. The maximum Gasteiger partial charge on any atom is 0.253 e. The van der Waals surface area contributed by atoms with E-state index in [0.717, 1.165) is 43.1 Å². The second kappa shape index (κ2) is 5.81. The van der Waals surface area contributed by atoms with Gasteiger partial charge in [0.15, 0.2) is 0 Å². The summed E-state index contributed by atoms with van der Waals surface area (Å²) in [7, 11) is 3.96. The zero-order valence-corrected chi connectivity index (χ0v) is 14.1. The molecule has 1 aromatic carbocycles. The highest BCUT2D eigenvalue weighted by atomic mass is 16.2. The molecule has 1 saturated heterocycles. The number of hydrogen-bond acceptors (Lipinski definition) is 6. The van der Waals surface area contributed by atoms with Crippen molar-refractivity contribution >= 4 is 11.4 Å². The fourth-order valence-corrected chi connectivity index (χ4v) is 3.13. The third-order valence-corrected chi connectivity index (χ3v) is 4.81. The Bertz CT molecular complexity index is 792. The molecule has 0 radical (unpaired) electrons. The molecular weight excluding hydrogens is 294 g/mol. The number of aryl methyl sites for hydroxylation is 2. The van der Waals surface area contributed by atoms with Crippen molar-refractivity contribution in [2.75, 3.05) is 43.4 Å². The molecule has 1 fully saturated rings. The molecule has 0 saturated carbocycles. The van der Waals surface area contributed by atoms with Crippen molar-refractivity contribution in [1.82, 2.24) is 14.7 Å². The van der Waals surface area contributed by atoms with Gasteiger partial charge in [-0.2, -0.15) is 5.10 Å². The van der Waals surface area contributed by atoms with E-state index in [1.165, 1.54) is 0 Å². The molecule has 0 spiro atoms. The van der Waals surface area contributed by atoms with Crippen molar-refractivity contribution in [2.24, 2.45) is 7.05 Å². The second-order valence-corrected chi connectivity index (χ2v) is 6.30. The molecule has 0 bridgehead atoms. The van der Waals surface area contributed by atoms with Gasteiger partial charge in [-0.25, -0.2) is 0 Å². The first-order valence-electron chi connectivity index (χ1n) is 7.90. The lowest BCUT2D eigenvalue weighted by Crippen LogP contribution is -2.50. The van der Waals surface area contributed by atoms with Crippen LogP contribution in [0.25, 0.3) is 0 Å². The van der Waals surface area contributed by atoms with Crippen LogP contribution in [0.5, 0.6) is 0 Å². The van der Waals surface area contributed by atoms with Gasteiger partial charge in [0.25, 0.3) is 10.9 Å². The molecule has 1 aliphatic rings. The van der Waals surface area contributed by atoms with E-state index in [4.69, 9.17) is 0 Å². The van der Waals surface area contributed by atoms with Crippen LogP contribution < -0.4 is 21.1 Å². The maximum atomic E-state index is 12.0. The Kier molecular flexibility index (Phi) is 3.97. The van der Waals surface area contributed by atoms with Gasteiger partial charge in [-0.1, -0.05) is 0 Å². The van der Waals surface area contributed by atoms with Crippen LogP contribution in [0, 0.1) is 13.8 Å². The molecule has 124 valence electrons. The van der Waals surface area contributed by atoms with E-state index in [1.54, 1.807) is 0 Å². The van der Waals surface area contributed by atoms with Gasteiger partial charge in [-0.3, -0.25) is 14.3 Å². The van der Waals surface area contributed by atoms with Crippen LogP contribution in [-0.2, 0) is 13.6 Å². The Morgan fingerprint density at radius 3 is 2.26 bits per heavy atom. The van der Waals surface area contributed by atoms with E-state index in [9.17, 15) is 9.59 Å². The van der Waals surface area contributed by atoms with Crippen LogP contribution in [0.1, 0.15) is 17.0 Å². The zero-order valence-electron chi connectivity index (χ0n) is 14.1. The predicted molar refractivity (Wildman–Crippen MR) is 91.1 cm³/mol. The van der Waals surface area contributed by atoms with Crippen molar-refractivity contribution in [3.63, 3.8) is 0 Å². The van der Waals surface area contributed by atoms with E-state index in [1.807, 2.05) is 30.5 Å². The lowest BCUT2D eigenvalue weighted by molar-refractivity contribution is 0.312. The van der Waals surface area contributed by atoms with E-state index in [0.29, 0.717) is 17.9 Å². The predicted octanol–water partition coefficient (Wildman–Crippen LogP) is -0.00316. The monoisotopic (exact) mass is 317 g/mol. The molecule has 1 aliphatic heterocycles. The standard InChI is InChI=1S/C16H23N5O2/c1-10-12(11(2)20(4)18-10)9-17-13-14(16(23)15(13)22)21-7-5-19(3)6-8-21/h17H,5-9H2,1-4H3. The van der Waals surface area contributed by atoms with Crippen LogP contribution in [-0.4, -0.2) is 47.9 Å². The summed E-state index contributed by atoms with van der Waals surface area (Å²) in [6.45, 7) is 7.82. The molecule has 0 aliphatic carbocycles. The first kappa shape index (κ1) is 15.7. The van der Waals surface area contributed by atoms with Crippen molar-refractivity contribution < 1.29 is 0 Å².